The van der Waals surface area contributed by atoms with E-state index in [0.29, 0.717) is 29.0 Å². The van der Waals surface area contributed by atoms with Gasteiger partial charge >= 0.3 is 0 Å². The molecule has 3 fully saturated rings. The van der Waals surface area contributed by atoms with Gasteiger partial charge in [0.15, 0.2) is 5.16 Å². The van der Waals surface area contributed by atoms with Gasteiger partial charge in [0, 0.05) is 51.3 Å². The van der Waals surface area contributed by atoms with Gasteiger partial charge in [-0.3, -0.25) is 9.59 Å². The summed E-state index contributed by atoms with van der Waals surface area (Å²) < 4.78 is 0. The van der Waals surface area contributed by atoms with Gasteiger partial charge in [0.05, 0.1) is 5.75 Å². The number of anilines is 1. The summed E-state index contributed by atoms with van der Waals surface area (Å²) >= 11 is 7.65. The average Bonchev–Trinajstić information content (AvgIpc) is 3.35. The standard InChI is InChI=1S/C24H36ClN5O2S/c1-18-16-29(13-14-30(18)22(31)10-9-19-7-3-4-8-19)21-15-20(25)26-24(27-21)33-17-23(32)28-11-5-2-6-12-28/h15,18-19H,2-14,16-17H2,1H3. The van der Waals surface area contributed by atoms with Crippen LogP contribution in [0.1, 0.15) is 64.7 Å². The third kappa shape index (κ3) is 6.75. The van der Waals surface area contributed by atoms with E-state index in [1.807, 2.05) is 9.80 Å². The summed E-state index contributed by atoms with van der Waals surface area (Å²) in [5.74, 6) is 2.27. The van der Waals surface area contributed by atoms with Crippen LogP contribution < -0.4 is 4.90 Å². The van der Waals surface area contributed by atoms with E-state index in [2.05, 4.69) is 21.8 Å². The number of likely N-dealkylation sites (tertiary alicyclic amines) is 1. The zero-order chi connectivity index (χ0) is 23.2. The minimum Gasteiger partial charge on any atom is -0.353 e. The van der Waals surface area contributed by atoms with Crippen LogP contribution in [0.5, 0.6) is 0 Å². The highest BCUT2D eigenvalue weighted by Crippen LogP contribution is 2.29. The molecule has 0 aromatic carbocycles. The van der Waals surface area contributed by atoms with E-state index in [-0.39, 0.29) is 17.9 Å². The van der Waals surface area contributed by atoms with Crippen molar-refractivity contribution in [3.05, 3.63) is 11.2 Å². The lowest BCUT2D eigenvalue weighted by molar-refractivity contribution is -0.134. The first-order valence-corrected chi connectivity index (χ1v) is 13.9. The predicted molar refractivity (Wildman–Crippen MR) is 133 cm³/mol. The average molecular weight is 494 g/mol. The summed E-state index contributed by atoms with van der Waals surface area (Å²) in [4.78, 5) is 40.5. The molecule has 3 aliphatic rings. The molecule has 2 amide bonds. The Morgan fingerprint density at radius 1 is 1.03 bits per heavy atom. The molecule has 33 heavy (non-hydrogen) atoms. The summed E-state index contributed by atoms with van der Waals surface area (Å²) in [6.07, 6.45) is 10.3. The number of piperazine rings is 1. The Morgan fingerprint density at radius 3 is 2.52 bits per heavy atom. The van der Waals surface area contributed by atoms with E-state index in [1.165, 1.54) is 43.9 Å². The molecule has 4 rings (SSSR count). The fourth-order valence-electron chi connectivity index (χ4n) is 5.28. The number of halogens is 1. The summed E-state index contributed by atoms with van der Waals surface area (Å²) in [5, 5.41) is 0.918. The van der Waals surface area contributed by atoms with Gasteiger partial charge in [-0.1, -0.05) is 49.0 Å². The minimum atomic E-state index is 0.125. The van der Waals surface area contributed by atoms with Crippen molar-refractivity contribution in [2.24, 2.45) is 5.92 Å². The second kappa shape index (κ2) is 11.7. The van der Waals surface area contributed by atoms with E-state index in [1.54, 1.807) is 6.07 Å². The molecule has 182 valence electrons. The second-order valence-corrected chi connectivity index (χ2v) is 11.0. The van der Waals surface area contributed by atoms with Crippen LogP contribution in [0, 0.1) is 5.92 Å². The summed E-state index contributed by atoms with van der Waals surface area (Å²) in [6, 6.07) is 1.91. The van der Waals surface area contributed by atoms with Gasteiger partial charge in [0.25, 0.3) is 0 Å². The maximum absolute atomic E-state index is 12.8. The molecule has 2 aliphatic heterocycles. The molecule has 2 saturated heterocycles. The first-order valence-electron chi connectivity index (χ1n) is 12.5. The fraction of sp³-hybridized carbons (Fsp3) is 0.750. The Morgan fingerprint density at radius 2 is 1.79 bits per heavy atom. The topological polar surface area (TPSA) is 69.6 Å². The summed E-state index contributed by atoms with van der Waals surface area (Å²) in [5.41, 5.74) is 0. The fourth-order valence-corrected chi connectivity index (χ4v) is 6.26. The normalized spacial score (nSPS) is 22.1. The van der Waals surface area contributed by atoms with E-state index >= 15 is 0 Å². The smallest absolute Gasteiger partial charge is 0.233 e. The Labute approximate surface area is 206 Å². The summed E-state index contributed by atoms with van der Waals surface area (Å²) in [6.45, 7) is 5.95. The van der Waals surface area contributed by atoms with E-state index < -0.39 is 0 Å². The quantitative estimate of drug-likeness (QED) is 0.321. The van der Waals surface area contributed by atoms with Crippen LogP contribution in [0.15, 0.2) is 11.2 Å². The van der Waals surface area contributed by atoms with E-state index in [9.17, 15) is 9.59 Å². The van der Waals surface area contributed by atoms with Crippen LogP contribution in [0.4, 0.5) is 5.82 Å². The molecule has 1 atom stereocenters. The van der Waals surface area contributed by atoms with Gasteiger partial charge in [-0.05, 0) is 38.5 Å². The maximum atomic E-state index is 12.8. The molecular formula is C24H36ClN5O2S. The van der Waals surface area contributed by atoms with Crippen molar-refractivity contribution in [2.45, 2.75) is 75.9 Å². The van der Waals surface area contributed by atoms with Crippen molar-refractivity contribution >= 4 is 41.0 Å². The first kappa shape index (κ1) is 24.6. The number of hydrogen-bond acceptors (Lipinski definition) is 6. The van der Waals surface area contributed by atoms with Gasteiger partial charge in [-0.2, -0.15) is 0 Å². The largest absolute Gasteiger partial charge is 0.353 e. The zero-order valence-electron chi connectivity index (χ0n) is 19.7. The molecule has 0 spiro atoms. The number of carbonyl (C=O) groups excluding carboxylic acids is 2. The van der Waals surface area contributed by atoms with Crippen molar-refractivity contribution in [3.8, 4) is 0 Å². The SMILES string of the molecule is CC1CN(c2cc(Cl)nc(SCC(=O)N3CCCCC3)n2)CCN1C(=O)CCC1CCCC1. The van der Waals surface area contributed by atoms with Gasteiger partial charge in [0.2, 0.25) is 11.8 Å². The van der Waals surface area contributed by atoms with Gasteiger partial charge in [-0.15, -0.1) is 0 Å². The molecule has 1 unspecified atom stereocenters. The van der Waals surface area contributed by atoms with Crippen LogP contribution in [0.3, 0.4) is 0 Å². The van der Waals surface area contributed by atoms with Crippen LogP contribution in [0.2, 0.25) is 5.15 Å². The summed E-state index contributed by atoms with van der Waals surface area (Å²) in [7, 11) is 0. The van der Waals surface area contributed by atoms with Crippen LogP contribution in [-0.4, -0.2) is 76.1 Å². The number of thioether (sulfide) groups is 1. The lowest BCUT2D eigenvalue weighted by Gasteiger charge is -2.40. The highest BCUT2D eigenvalue weighted by atomic mass is 35.5. The lowest BCUT2D eigenvalue weighted by atomic mass is 10.0. The van der Waals surface area contributed by atoms with Gasteiger partial charge in [0.1, 0.15) is 11.0 Å². The predicted octanol–water partition coefficient (Wildman–Crippen LogP) is 4.24. The van der Waals surface area contributed by atoms with Crippen molar-refractivity contribution in [3.63, 3.8) is 0 Å². The molecule has 1 saturated carbocycles. The molecular weight excluding hydrogens is 458 g/mol. The molecule has 0 bridgehead atoms. The number of rotatable bonds is 7. The molecule has 7 nitrogen and oxygen atoms in total. The number of piperidine rings is 1. The van der Waals surface area contributed by atoms with Crippen LogP contribution >= 0.6 is 23.4 Å². The van der Waals surface area contributed by atoms with E-state index in [4.69, 9.17) is 11.6 Å². The number of nitrogens with zero attached hydrogens (tertiary/aromatic N) is 5. The molecule has 3 heterocycles. The van der Waals surface area contributed by atoms with Crippen LogP contribution in [-0.2, 0) is 9.59 Å². The molecule has 0 N–H and O–H groups in total. The van der Waals surface area contributed by atoms with Crippen LogP contribution in [0.25, 0.3) is 0 Å². The molecule has 0 radical (unpaired) electrons. The van der Waals surface area contributed by atoms with Crippen molar-refractivity contribution in [2.75, 3.05) is 43.4 Å². The Kier molecular flexibility index (Phi) is 8.74. The van der Waals surface area contributed by atoms with Crippen molar-refractivity contribution in [1.82, 2.24) is 19.8 Å². The third-order valence-electron chi connectivity index (χ3n) is 7.21. The molecule has 9 heteroatoms. The highest BCUT2D eigenvalue weighted by Gasteiger charge is 2.29. The molecule has 1 aromatic heterocycles. The Hall–Kier alpha value is -1.54. The van der Waals surface area contributed by atoms with Gasteiger partial charge < -0.3 is 14.7 Å². The third-order valence-corrected chi connectivity index (χ3v) is 8.23. The molecule has 1 aliphatic carbocycles. The zero-order valence-corrected chi connectivity index (χ0v) is 21.2. The number of amides is 2. The Bertz CT molecular complexity index is 829. The number of hydrogen-bond donors (Lipinski definition) is 0. The van der Waals surface area contributed by atoms with E-state index in [0.717, 1.165) is 57.2 Å². The minimum absolute atomic E-state index is 0.125. The highest BCUT2D eigenvalue weighted by molar-refractivity contribution is 7.99. The first-order chi connectivity index (χ1) is 16.0. The Balaban J connectivity index is 1.30. The lowest BCUT2D eigenvalue weighted by Crippen LogP contribution is -2.54. The molecule has 1 aromatic rings. The number of carbonyl (C=O) groups is 2. The van der Waals surface area contributed by atoms with Crippen molar-refractivity contribution < 1.29 is 9.59 Å². The maximum Gasteiger partial charge on any atom is 0.233 e. The second-order valence-electron chi connectivity index (χ2n) is 9.63. The van der Waals surface area contributed by atoms with Crippen molar-refractivity contribution in [1.29, 1.82) is 0 Å². The monoisotopic (exact) mass is 493 g/mol. The number of aromatic nitrogens is 2. The van der Waals surface area contributed by atoms with Gasteiger partial charge in [-0.25, -0.2) is 9.97 Å².